The number of ether oxygens (including phenoxy) is 1. The van der Waals surface area contributed by atoms with Gasteiger partial charge >= 0.3 is 6.09 Å². The van der Waals surface area contributed by atoms with Crippen LogP contribution in [0.2, 0.25) is 0 Å². The minimum Gasteiger partial charge on any atom is -0.444 e. The van der Waals surface area contributed by atoms with Gasteiger partial charge in [-0.3, -0.25) is 4.68 Å². The first-order valence-corrected chi connectivity index (χ1v) is 8.22. The predicted molar refractivity (Wildman–Crippen MR) is 85.8 cm³/mol. The lowest BCUT2D eigenvalue weighted by molar-refractivity contribution is 0.00558. The van der Waals surface area contributed by atoms with Crippen molar-refractivity contribution in [1.29, 1.82) is 0 Å². The zero-order chi connectivity index (χ0) is 16.7. The van der Waals surface area contributed by atoms with Gasteiger partial charge in [0, 0.05) is 6.54 Å². The first kappa shape index (κ1) is 17.2. The Kier molecular flexibility index (Phi) is 4.84. The number of halogens is 2. The van der Waals surface area contributed by atoms with Crippen LogP contribution in [-0.2, 0) is 4.74 Å². The van der Waals surface area contributed by atoms with Crippen molar-refractivity contribution in [2.45, 2.75) is 58.9 Å². The third-order valence-electron chi connectivity index (χ3n) is 3.71. The maximum absolute atomic E-state index is 14.6. The fourth-order valence-corrected chi connectivity index (χ4v) is 2.89. The molecule has 124 valence electrons. The summed E-state index contributed by atoms with van der Waals surface area (Å²) in [6.07, 6.45) is -1.09. The molecule has 1 fully saturated rings. The molecule has 1 amide bonds. The van der Waals surface area contributed by atoms with E-state index in [4.69, 9.17) is 4.74 Å². The van der Waals surface area contributed by atoms with Gasteiger partial charge in [0.1, 0.15) is 11.8 Å². The van der Waals surface area contributed by atoms with Gasteiger partial charge in [0.2, 0.25) is 0 Å². The molecule has 0 N–H and O–H groups in total. The van der Waals surface area contributed by atoms with E-state index in [1.807, 2.05) is 13.8 Å². The second-order valence-electron chi connectivity index (χ2n) is 6.73. The van der Waals surface area contributed by atoms with Gasteiger partial charge in [-0.2, -0.15) is 5.10 Å². The van der Waals surface area contributed by atoms with E-state index in [1.165, 1.54) is 4.90 Å². The number of hydrogen-bond donors (Lipinski definition) is 0. The zero-order valence-corrected chi connectivity index (χ0v) is 15.3. The van der Waals surface area contributed by atoms with E-state index >= 15 is 0 Å². The summed E-state index contributed by atoms with van der Waals surface area (Å²) in [5, 5.41) is 4.41. The summed E-state index contributed by atoms with van der Waals surface area (Å²) in [7, 11) is 0. The Morgan fingerprint density at radius 2 is 2.05 bits per heavy atom. The van der Waals surface area contributed by atoms with Crippen LogP contribution in [0, 0.1) is 13.8 Å². The number of aryl methyl sites for hydroxylation is 1. The van der Waals surface area contributed by atoms with Gasteiger partial charge in [0.15, 0.2) is 0 Å². The highest BCUT2D eigenvalue weighted by Gasteiger charge is 2.36. The summed E-state index contributed by atoms with van der Waals surface area (Å²) in [6.45, 7) is 9.72. The predicted octanol–water partition coefficient (Wildman–Crippen LogP) is 3.78. The van der Waals surface area contributed by atoms with Crippen LogP contribution < -0.4 is 0 Å². The number of piperidine rings is 1. The lowest BCUT2D eigenvalue weighted by Gasteiger charge is -2.36. The van der Waals surface area contributed by atoms with E-state index in [0.717, 1.165) is 15.9 Å². The Balaban J connectivity index is 2.07. The molecule has 5 nitrogen and oxygen atoms in total. The van der Waals surface area contributed by atoms with Crippen LogP contribution in [0.1, 0.15) is 44.6 Å². The van der Waals surface area contributed by atoms with Crippen molar-refractivity contribution >= 4 is 22.0 Å². The van der Waals surface area contributed by atoms with Crippen LogP contribution >= 0.6 is 15.9 Å². The Hall–Kier alpha value is -1.11. The first-order valence-electron chi connectivity index (χ1n) is 7.43. The van der Waals surface area contributed by atoms with Gasteiger partial charge in [-0.05, 0) is 57.0 Å². The molecule has 0 aliphatic carbocycles. The van der Waals surface area contributed by atoms with Crippen molar-refractivity contribution in [3.05, 3.63) is 15.9 Å². The summed E-state index contributed by atoms with van der Waals surface area (Å²) < 4.78 is 22.5. The molecular weight excluding hydrogens is 353 g/mol. The molecule has 2 rings (SSSR count). The summed E-state index contributed by atoms with van der Waals surface area (Å²) in [6, 6.07) is -0.344. The lowest BCUT2D eigenvalue weighted by atomic mass is 10.0. The average Bonchev–Trinajstić information content (AvgIpc) is 2.64. The molecule has 2 atom stereocenters. The maximum Gasteiger partial charge on any atom is 0.410 e. The number of carbonyl (C=O) groups is 1. The maximum atomic E-state index is 14.6. The molecule has 22 heavy (non-hydrogen) atoms. The molecule has 7 heteroatoms. The van der Waals surface area contributed by atoms with Gasteiger partial charge in [0.05, 0.1) is 28.4 Å². The van der Waals surface area contributed by atoms with Gasteiger partial charge in [-0.15, -0.1) is 0 Å². The molecule has 0 unspecified atom stereocenters. The first-order chi connectivity index (χ1) is 10.1. The molecule has 1 aromatic heterocycles. The highest BCUT2D eigenvalue weighted by Crippen LogP contribution is 2.30. The minimum absolute atomic E-state index is 0.0372. The van der Waals surface area contributed by atoms with Crippen LogP contribution in [0.3, 0.4) is 0 Å². The van der Waals surface area contributed by atoms with Crippen molar-refractivity contribution in [1.82, 2.24) is 14.7 Å². The number of nitrogens with zero attached hydrogens (tertiary/aromatic N) is 3. The van der Waals surface area contributed by atoms with Gasteiger partial charge in [-0.1, -0.05) is 0 Å². The number of carbonyl (C=O) groups excluding carboxylic acids is 1. The molecule has 0 spiro atoms. The molecule has 1 saturated heterocycles. The van der Waals surface area contributed by atoms with Crippen LogP contribution in [0.15, 0.2) is 4.47 Å². The summed E-state index contributed by atoms with van der Waals surface area (Å²) in [5.41, 5.74) is 1.19. The van der Waals surface area contributed by atoms with Crippen molar-refractivity contribution in [3.8, 4) is 0 Å². The normalized spacial score (nSPS) is 22.8. The van der Waals surface area contributed by atoms with E-state index < -0.39 is 17.9 Å². The number of hydrogen-bond acceptors (Lipinski definition) is 3. The van der Waals surface area contributed by atoms with Crippen molar-refractivity contribution in [2.24, 2.45) is 0 Å². The highest BCUT2D eigenvalue weighted by atomic mass is 79.9. The smallest absolute Gasteiger partial charge is 0.410 e. The van der Waals surface area contributed by atoms with Gasteiger partial charge < -0.3 is 9.64 Å². The second-order valence-corrected chi connectivity index (χ2v) is 7.52. The van der Waals surface area contributed by atoms with Gasteiger partial charge in [0.25, 0.3) is 0 Å². The number of aromatic nitrogens is 2. The molecule has 1 aliphatic heterocycles. The highest BCUT2D eigenvalue weighted by molar-refractivity contribution is 9.10. The fraction of sp³-hybridized carbons (Fsp3) is 0.733. The molecular formula is C15H23BrFN3O2. The average molecular weight is 376 g/mol. The van der Waals surface area contributed by atoms with Crippen molar-refractivity contribution in [3.63, 3.8) is 0 Å². The molecule has 0 bridgehead atoms. The number of rotatable bonds is 1. The third kappa shape index (κ3) is 3.62. The second kappa shape index (κ2) is 6.18. The number of amides is 1. The Labute approximate surface area is 138 Å². The Bertz CT molecular complexity index is 568. The lowest BCUT2D eigenvalue weighted by Crippen LogP contribution is -2.47. The largest absolute Gasteiger partial charge is 0.444 e. The van der Waals surface area contributed by atoms with Crippen molar-refractivity contribution < 1.29 is 13.9 Å². The fourth-order valence-electron chi connectivity index (χ4n) is 2.63. The monoisotopic (exact) mass is 375 g/mol. The zero-order valence-electron chi connectivity index (χ0n) is 13.7. The van der Waals surface area contributed by atoms with E-state index in [0.29, 0.717) is 13.0 Å². The van der Waals surface area contributed by atoms with Crippen LogP contribution in [-0.4, -0.2) is 45.6 Å². The van der Waals surface area contributed by atoms with E-state index in [9.17, 15) is 9.18 Å². The van der Waals surface area contributed by atoms with Gasteiger partial charge in [-0.25, -0.2) is 9.18 Å². The molecule has 0 saturated carbocycles. The summed E-state index contributed by atoms with van der Waals surface area (Å²) >= 11 is 3.46. The quantitative estimate of drug-likeness (QED) is 0.750. The van der Waals surface area contributed by atoms with Crippen LogP contribution in [0.4, 0.5) is 9.18 Å². The molecule has 1 aromatic rings. The number of likely N-dealkylation sites (tertiary alicyclic amines) is 1. The summed E-state index contributed by atoms with van der Waals surface area (Å²) in [4.78, 5) is 13.5. The molecule has 2 heterocycles. The van der Waals surface area contributed by atoms with Crippen molar-refractivity contribution in [2.75, 3.05) is 13.1 Å². The topological polar surface area (TPSA) is 47.4 Å². The minimum atomic E-state index is -1.16. The molecule has 0 radical (unpaired) electrons. The van der Waals surface area contributed by atoms with E-state index in [2.05, 4.69) is 21.0 Å². The van der Waals surface area contributed by atoms with Crippen LogP contribution in [0.5, 0.6) is 0 Å². The van der Waals surface area contributed by atoms with E-state index in [-0.39, 0.29) is 12.6 Å². The molecule has 0 aromatic carbocycles. The number of alkyl halides is 1. The molecule has 1 aliphatic rings. The Morgan fingerprint density at radius 3 is 2.50 bits per heavy atom. The SMILES string of the molecule is Cc1nn([C@H]2CCN(C(=O)OC(C)(C)C)C[C@@H]2F)c(C)c1Br. The standard InChI is InChI=1S/C15H23BrFN3O2/c1-9-13(16)10(2)20(18-9)12-6-7-19(8-11(12)17)14(21)22-15(3,4)5/h11-12H,6-8H2,1-5H3/t11-,12-/m0/s1. The summed E-state index contributed by atoms with van der Waals surface area (Å²) in [5.74, 6) is 0. The third-order valence-corrected chi connectivity index (χ3v) is 4.86. The Morgan fingerprint density at radius 1 is 1.41 bits per heavy atom. The van der Waals surface area contributed by atoms with E-state index in [1.54, 1.807) is 25.5 Å². The van der Waals surface area contributed by atoms with Crippen LogP contribution in [0.25, 0.3) is 0 Å².